The van der Waals surface area contributed by atoms with E-state index in [1.54, 1.807) is 30.1 Å². The molecule has 1 aromatic heterocycles. The van der Waals surface area contributed by atoms with Crippen molar-refractivity contribution in [3.63, 3.8) is 0 Å². The first kappa shape index (κ1) is 14.5. The molecule has 7 nitrogen and oxygen atoms in total. The third-order valence-corrected chi connectivity index (χ3v) is 4.00. The summed E-state index contributed by atoms with van der Waals surface area (Å²) in [6.45, 7) is 0. The van der Waals surface area contributed by atoms with Crippen molar-refractivity contribution in [2.24, 2.45) is 5.92 Å². The Hall–Kier alpha value is -2.41. The van der Waals surface area contributed by atoms with Crippen molar-refractivity contribution in [2.45, 2.75) is 12.5 Å². The van der Waals surface area contributed by atoms with Gasteiger partial charge in [-0.3, -0.25) is 14.9 Å². The van der Waals surface area contributed by atoms with Crippen molar-refractivity contribution in [2.75, 3.05) is 12.4 Å². The molecule has 1 aliphatic heterocycles. The fourth-order valence-corrected chi connectivity index (χ4v) is 2.93. The van der Waals surface area contributed by atoms with Crippen molar-refractivity contribution in [3.05, 3.63) is 41.2 Å². The van der Waals surface area contributed by atoms with Crippen LogP contribution in [-0.4, -0.2) is 38.9 Å². The van der Waals surface area contributed by atoms with E-state index in [2.05, 4.69) is 20.5 Å². The van der Waals surface area contributed by atoms with E-state index in [9.17, 15) is 9.59 Å². The Morgan fingerprint density at radius 1 is 1.50 bits per heavy atom. The van der Waals surface area contributed by atoms with Gasteiger partial charge in [0.15, 0.2) is 0 Å². The predicted octanol–water partition coefficient (Wildman–Crippen LogP) is 1.62. The van der Waals surface area contributed by atoms with Crippen LogP contribution >= 0.6 is 11.6 Å². The molecule has 0 aliphatic carbocycles. The smallest absolute Gasteiger partial charge is 0.232 e. The third kappa shape index (κ3) is 2.67. The maximum atomic E-state index is 12.5. The molecule has 2 amide bonds. The number of aromatic amines is 1. The fraction of sp³-hybridized carbons (Fsp3) is 0.286. The second-order valence-electron chi connectivity index (χ2n) is 5.14. The van der Waals surface area contributed by atoms with E-state index >= 15 is 0 Å². The number of hydrogen-bond donors (Lipinski definition) is 2. The molecule has 1 aromatic carbocycles. The predicted molar refractivity (Wildman–Crippen MR) is 80.1 cm³/mol. The summed E-state index contributed by atoms with van der Waals surface area (Å²) < 4.78 is 0. The molecule has 2 heterocycles. The van der Waals surface area contributed by atoms with Gasteiger partial charge in [0.2, 0.25) is 17.8 Å². The van der Waals surface area contributed by atoms with Crippen LogP contribution in [0.3, 0.4) is 0 Å². The molecule has 2 aromatic rings. The Morgan fingerprint density at radius 2 is 2.32 bits per heavy atom. The van der Waals surface area contributed by atoms with Crippen LogP contribution in [0.5, 0.6) is 0 Å². The first-order valence-corrected chi connectivity index (χ1v) is 7.11. The number of aromatic nitrogens is 3. The molecule has 114 valence electrons. The first-order chi connectivity index (χ1) is 10.6. The minimum Gasteiger partial charge on any atom is -0.338 e. The zero-order valence-corrected chi connectivity index (χ0v) is 12.5. The van der Waals surface area contributed by atoms with Gasteiger partial charge in [0.1, 0.15) is 6.33 Å². The molecule has 0 unspecified atom stereocenters. The number of carbonyl (C=O) groups excluding carboxylic acids is 2. The number of halogens is 1. The van der Waals surface area contributed by atoms with Gasteiger partial charge in [0, 0.05) is 18.5 Å². The van der Waals surface area contributed by atoms with E-state index in [4.69, 9.17) is 11.6 Å². The van der Waals surface area contributed by atoms with Crippen LogP contribution < -0.4 is 5.32 Å². The SMILES string of the molecule is CN1C(=O)C[C@H](C(=O)Nc2ncn[nH]2)[C@@H]1c1cccc(Cl)c1. The Bertz CT molecular complexity index is 703. The van der Waals surface area contributed by atoms with Crippen molar-refractivity contribution < 1.29 is 9.59 Å². The largest absolute Gasteiger partial charge is 0.338 e. The van der Waals surface area contributed by atoms with Gasteiger partial charge in [-0.15, -0.1) is 0 Å². The number of H-pyrrole nitrogens is 1. The van der Waals surface area contributed by atoms with Crippen molar-refractivity contribution in [1.29, 1.82) is 0 Å². The van der Waals surface area contributed by atoms with E-state index in [0.29, 0.717) is 5.02 Å². The molecule has 0 bridgehead atoms. The quantitative estimate of drug-likeness (QED) is 0.899. The van der Waals surface area contributed by atoms with Crippen LogP contribution in [0.1, 0.15) is 18.0 Å². The summed E-state index contributed by atoms with van der Waals surface area (Å²) in [4.78, 5) is 29.9. The lowest BCUT2D eigenvalue weighted by atomic mass is 9.93. The van der Waals surface area contributed by atoms with Crippen LogP contribution in [-0.2, 0) is 9.59 Å². The average Bonchev–Trinajstić information content (AvgIpc) is 3.08. The number of nitrogens with zero attached hydrogens (tertiary/aromatic N) is 3. The summed E-state index contributed by atoms with van der Waals surface area (Å²) in [5.41, 5.74) is 0.832. The Labute approximate surface area is 131 Å². The number of likely N-dealkylation sites (tertiary alicyclic amines) is 1. The summed E-state index contributed by atoms with van der Waals surface area (Å²) in [6, 6.07) is 6.84. The fourth-order valence-electron chi connectivity index (χ4n) is 2.73. The average molecular weight is 320 g/mol. The molecule has 0 radical (unpaired) electrons. The number of benzene rings is 1. The van der Waals surface area contributed by atoms with Gasteiger partial charge < -0.3 is 4.90 Å². The maximum absolute atomic E-state index is 12.5. The Kier molecular flexibility index (Phi) is 3.81. The molecule has 1 aliphatic rings. The monoisotopic (exact) mass is 319 g/mol. The zero-order chi connectivity index (χ0) is 15.7. The second kappa shape index (κ2) is 5.76. The number of rotatable bonds is 3. The van der Waals surface area contributed by atoms with E-state index in [0.717, 1.165) is 5.56 Å². The summed E-state index contributed by atoms with van der Waals surface area (Å²) in [7, 11) is 1.69. The van der Waals surface area contributed by atoms with Crippen LogP contribution in [0.2, 0.25) is 5.02 Å². The number of anilines is 1. The van der Waals surface area contributed by atoms with Crippen molar-refractivity contribution in [3.8, 4) is 0 Å². The summed E-state index contributed by atoms with van der Waals surface area (Å²) >= 11 is 6.02. The molecule has 2 atom stereocenters. The third-order valence-electron chi connectivity index (χ3n) is 3.77. The van der Waals surface area contributed by atoms with Crippen LogP contribution in [0.25, 0.3) is 0 Å². The van der Waals surface area contributed by atoms with E-state index < -0.39 is 5.92 Å². The molecule has 2 N–H and O–H groups in total. The maximum Gasteiger partial charge on any atom is 0.232 e. The Morgan fingerprint density at radius 3 is 3.00 bits per heavy atom. The lowest BCUT2D eigenvalue weighted by Gasteiger charge is -2.24. The van der Waals surface area contributed by atoms with E-state index in [-0.39, 0.29) is 30.2 Å². The molecule has 0 spiro atoms. The zero-order valence-electron chi connectivity index (χ0n) is 11.8. The molecular weight excluding hydrogens is 306 g/mol. The summed E-state index contributed by atoms with van der Waals surface area (Å²) in [6.07, 6.45) is 1.45. The Balaban J connectivity index is 1.88. The van der Waals surface area contributed by atoms with Gasteiger partial charge in [-0.25, -0.2) is 5.10 Å². The standard InChI is InChI=1S/C14H14ClN5O2/c1-20-11(21)6-10(13(22)18-14-16-7-17-19-14)12(20)8-3-2-4-9(15)5-8/h2-5,7,10,12H,6H2,1H3,(H2,16,17,18,19,22)/t10-,12-/m0/s1. The van der Waals surface area contributed by atoms with E-state index in [1.165, 1.54) is 6.33 Å². The van der Waals surface area contributed by atoms with Gasteiger partial charge in [-0.05, 0) is 17.7 Å². The van der Waals surface area contributed by atoms with Gasteiger partial charge in [0.25, 0.3) is 0 Å². The van der Waals surface area contributed by atoms with Crippen LogP contribution in [0.15, 0.2) is 30.6 Å². The highest BCUT2D eigenvalue weighted by atomic mass is 35.5. The van der Waals surface area contributed by atoms with Gasteiger partial charge in [0.05, 0.1) is 12.0 Å². The highest BCUT2D eigenvalue weighted by Gasteiger charge is 2.42. The molecular formula is C14H14ClN5O2. The first-order valence-electron chi connectivity index (χ1n) is 6.73. The van der Waals surface area contributed by atoms with Crippen LogP contribution in [0.4, 0.5) is 5.95 Å². The van der Waals surface area contributed by atoms with E-state index in [1.807, 2.05) is 6.07 Å². The van der Waals surface area contributed by atoms with Crippen LogP contribution in [0, 0.1) is 5.92 Å². The molecule has 0 saturated carbocycles. The number of hydrogen-bond acceptors (Lipinski definition) is 4. The van der Waals surface area contributed by atoms with Gasteiger partial charge in [-0.1, -0.05) is 23.7 Å². The highest BCUT2D eigenvalue weighted by molar-refractivity contribution is 6.30. The molecule has 8 heteroatoms. The van der Waals surface area contributed by atoms with Crippen molar-refractivity contribution >= 4 is 29.4 Å². The molecule has 1 fully saturated rings. The number of nitrogens with one attached hydrogen (secondary N) is 2. The summed E-state index contributed by atoms with van der Waals surface area (Å²) in [5, 5.41) is 9.45. The molecule has 3 rings (SSSR count). The molecule has 22 heavy (non-hydrogen) atoms. The highest BCUT2D eigenvalue weighted by Crippen LogP contribution is 2.38. The summed E-state index contributed by atoms with van der Waals surface area (Å²) in [5.74, 6) is -0.611. The topological polar surface area (TPSA) is 91.0 Å². The minimum absolute atomic E-state index is 0.0808. The van der Waals surface area contributed by atoms with Crippen molar-refractivity contribution in [1.82, 2.24) is 20.1 Å². The molecule has 1 saturated heterocycles. The lowest BCUT2D eigenvalue weighted by Crippen LogP contribution is -2.30. The van der Waals surface area contributed by atoms with Gasteiger partial charge in [-0.2, -0.15) is 10.1 Å². The lowest BCUT2D eigenvalue weighted by molar-refractivity contribution is -0.128. The number of amides is 2. The second-order valence-corrected chi connectivity index (χ2v) is 5.57. The minimum atomic E-state index is -0.513. The normalized spacial score (nSPS) is 21.2. The van der Waals surface area contributed by atoms with Gasteiger partial charge >= 0.3 is 0 Å². The number of carbonyl (C=O) groups is 2.